The standard InChI is InChI=1S/C15H19BrFN3/c1-4-18-8-13-10(2)19-20(11(13)3)9-12-6-5-7-14(17)15(12)16/h5-7,18H,4,8-9H2,1-3H3. The summed E-state index contributed by atoms with van der Waals surface area (Å²) in [7, 11) is 0. The van der Waals surface area contributed by atoms with Gasteiger partial charge in [0.25, 0.3) is 0 Å². The first-order chi connectivity index (χ1) is 9.54. The summed E-state index contributed by atoms with van der Waals surface area (Å²) >= 11 is 3.30. The van der Waals surface area contributed by atoms with Crippen LogP contribution in [0.25, 0.3) is 0 Å². The fourth-order valence-electron chi connectivity index (χ4n) is 2.23. The average Bonchev–Trinajstić information content (AvgIpc) is 2.68. The zero-order chi connectivity index (χ0) is 14.7. The van der Waals surface area contributed by atoms with Gasteiger partial charge in [-0.2, -0.15) is 5.10 Å². The third-order valence-electron chi connectivity index (χ3n) is 3.43. The van der Waals surface area contributed by atoms with Crippen molar-refractivity contribution >= 4 is 15.9 Å². The lowest BCUT2D eigenvalue weighted by Crippen LogP contribution is -2.13. The summed E-state index contributed by atoms with van der Waals surface area (Å²) in [6, 6.07) is 5.08. The van der Waals surface area contributed by atoms with E-state index in [9.17, 15) is 4.39 Å². The van der Waals surface area contributed by atoms with Gasteiger partial charge in [0, 0.05) is 17.8 Å². The van der Waals surface area contributed by atoms with Gasteiger partial charge in [-0.25, -0.2) is 4.39 Å². The van der Waals surface area contributed by atoms with Gasteiger partial charge < -0.3 is 5.32 Å². The number of nitrogens with zero attached hydrogens (tertiary/aromatic N) is 2. The first-order valence-electron chi connectivity index (χ1n) is 6.71. The van der Waals surface area contributed by atoms with Crippen LogP contribution >= 0.6 is 15.9 Å². The van der Waals surface area contributed by atoms with E-state index in [-0.39, 0.29) is 5.82 Å². The minimum atomic E-state index is -0.239. The average molecular weight is 340 g/mol. The van der Waals surface area contributed by atoms with Crippen molar-refractivity contribution in [3.05, 3.63) is 51.0 Å². The van der Waals surface area contributed by atoms with E-state index in [2.05, 4.69) is 40.2 Å². The molecule has 2 aromatic rings. The maximum atomic E-state index is 13.5. The number of rotatable bonds is 5. The molecule has 0 atom stereocenters. The van der Waals surface area contributed by atoms with Gasteiger partial charge in [-0.05, 0) is 48.0 Å². The number of aromatic nitrogens is 2. The minimum Gasteiger partial charge on any atom is -0.313 e. The fourth-order valence-corrected chi connectivity index (χ4v) is 2.62. The first-order valence-corrected chi connectivity index (χ1v) is 7.50. The van der Waals surface area contributed by atoms with Gasteiger partial charge in [0.2, 0.25) is 0 Å². The zero-order valence-electron chi connectivity index (χ0n) is 12.0. The molecule has 2 rings (SSSR count). The molecule has 0 spiro atoms. The van der Waals surface area contributed by atoms with Crippen LogP contribution in [0.1, 0.15) is 29.4 Å². The molecular weight excluding hydrogens is 321 g/mol. The summed E-state index contributed by atoms with van der Waals surface area (Å²) < 4.78 is 16.0. The van der Waals surface area contributed by atoms with Gasteiger partial charge in [-0.15, -0.1) is 0 Å². The highest BCUT2D eigenvalue weighted by Gasteiger charge is 2.13. The highest BCUT2D eigenvalue weighted by Crippen LogP contribution is 2.22. The van der Waals surface area contributed by atoms with E-state index in [0.717, 1.165) is 30.0 Å². The molecular formula is C15H19BrFN3. The Bertz CT molecular complexity index is 607. The van der Waals surface area contributed by atoms with Crippen LogP contribution in [0, 0.1) is 19.7 Å². The van der Waals surface area contributed by atoms with Gasteiger partial charge in [0.1, 0.15) is 5.82 Å². The normalized spacial score (nSPS) is 11.1. The lowest BCUT2D eigenvalue weighted by atomic mass is 10.2. The van der Waals surface area contributed by atoms with E-state index in [1.807, 2.05) is 17.7 Å². The molecule has 0 bridgehead atoms. The van der Waals surface area contributed by atoms with Gasteiger partial charge >= 0.3 is 0 Å². The van der Waals surface area contributed by atoms with Crippen LogP contribution in [0.5, 0.6) is 0 Å². The largest absolute Gasteiger partial charge is 0.313 e. The molecule has 1 N–H and O–H groups in total. The van der Waals surface area contributed by atoms with Gasteiger partial charge in [0.05, 0.1) is 16.7 Å². The molecule has 1 aromatic heterocycles. The Hall–Kier alpha value is -1.20. The molecule has 108 valence electrons. The van der Waals surface area contributed by atoms with Crippen molar-refractivity contribution in [2.75, 3.05) is 6.54 Å². The summed E-state index contributed by atoms with van der Waals surface area (Å²) in [5, 5.41) is 7.88. The van der Waals surface area contributed by atoms with Crippen LogP contribution in [0.15, 0.2) is 22.7 Å². The number of hydrogen-bond acceptors (Lipinski definition) is 2. The Morgan fingerprint density at radius 1 is 1.35 bits per heavy atom. The van der Waals surface area contributed by atoms with Crippen molar-refractivity contribution in [3.8, 4) is 0 Å². The molecule has 1 heterocycles. The Balaban J connectivity index is 2.28. The molecule has 1 aromatic carbocycles. The molecule has 0 amide bonds. The third kappa shape index (κ3) is 3.10. The topological polar surface area (TPSA) is 29.9 Å². The van der Waals surface area contributed by atoms with Gasteiger partial charge in [-0.1, -0.05) is 19.1 Å². The van der Waals surface area contributed by atoms with Crippen LogP contribution in [0.4, 0.5) is 4.39 Å². The van der Waals surface area contributed by atoms with Crippen LogP contribution in [-0.4, -0.2) is 16.3 Å². The number of aryl methyl sites for hydroxylation is 1. The summed E-state index contributed by atoms with van der Waals surface area (Å²) in [6.45, 7) is 8.46. The number of nitrogens with one attached hydrogen (secondary N) is 1. The van der Waals surface area contributed by atoms with Gasteiger partial charge in [0.15, 0.2) is 0 Å². The fraction of sp³-hybridized carbons (Fsp3) is 0.400. The Kier molecular flexibility index (Phi) is 4.94. The predicted molar refractivity (Wildman–Crippen MR) is 82.3 cm³/mol. The highest BCUT2D eigenvalue weighted by atomic mass is 79.9. The van der Waals surface area contributed by atoms with Crippen LogP contribution in [0.3, 0.4) is 0 Å². The SMILES string of the molecule is CCNCc1c(C)nn(Cc2cccc(F)c2Br)c1C. The molecule has 3 nitrogen and oxygen atoms in total. The molecule has 20 heavy (non-hydrogen) atoms. The first kappa shape index (κ1) is 15.2. The molecule has 5 heteroatoms. The van der Waals surface area contributed by atoms with Crippen molar-refractivity contribution in [1.29, 1.82) is 0 Å². The summed E-state index contributed by atoms with van der Waals surface area (Å²) in [6.07, 6.45) is 0. The Morgan fingerprint density at radius 3 is 2.80 bits per heavy atom. The minimum absolute atomic E-state index is 0.239. The van der Waals surface area contributed by atoms with E-state index in [0.29, 0.717) is 11.0 Å². The molecule has 0 unspecified atom stereocenters. The Morgan fingerprint density at radius 2 is 2.10 bits per heavy atom. The smallest absolute Gasteiger partial charge is 0.137 e. The molecule has 0 saturated heterocycles. The molecule has 0 saturated carbocycles. The van der Waals surface area contributed by atoms with Crippen LogP contribution in [0.2, 0.25) is 0 Å². The van der Waals surface area contributed by atoms with Gasteiger partial charge in [-0.3, -0.25) is 4.68 Å². The molecule has 0 aliphatic rings. The summed E-state index contributed by atoms with van der Waals surface area (Å²) in [5.41, 5.74) is 4.26. The van der Waals surface area contributed by atoms with E-state index >= 15 is 0 Å². The highest BCUT2D eigenvalue weighted by molar-refractivity contribution is 9.10. The molecule has 0 aliphatic carbocycles. The second-order valence-corrected chi connectivity index (χ2v) is 5.59. The lowest BCUT2D eigenvalue weighted by Gasteiger charge is -2.08. The molecule has 0 fully saturated rings. The molecule has 0 aliphatic heterocycles. The lowest BCUT2D eigenvalue weighted by molar-refractivity contribution is 0.607. The molecule has 0 radical (unpaired) electrons. The second-order valence-electron chi connectivity index (χ2n) is 4.80. The number of benzene rings is 1. The van der Waals surface area contributed by atoms with Crippen molar-refractivity contribution < 1.29 is 4.39 Å². The zero-order valence-corrected chi connectivity index (χ0v) is 13.6. The monoisotopic (exact) mass is 339 g/mol. The number of hydrogen-bond donors (Lipinski definition) is 1. The third-order valence-corrected chi connectivity index (χ3v) is 4.32. The van der Waals surface area contributed by atoms with Crippen molar-refractivity contribution in [2.45, 2.75) is 33.9 Å². The van der Waals surface area contributed by atoms with E-state index in [1.54, 1.807) is 6.07 Å². The quantitative estimate of drug-likeness (QED) is 0.902. The number of halogens is 2. The van der Waals surface area contributed by atoms with E-state index in [4.69, 9.17) is 0 Å². The van der Waals surface area contributed by atoms with E-state index in [1.165, 1.54) is 11.6 Å². The van der Waals surface area contributed by atoms with Crippen molar-refractivity contribution in [3.63, 3.8) is 0 Å². The van der Waals surface area contributed by atoms with Crippen molar-refractivity contribution in [2.24, 2.45) is 0 Å². The Labute approximate surface area is 127 Å². The maximum absolute atomic E-state index is 13.5. The van der Waals surface area contributed by atoms with Crippen LogP contribution < -0.4 is 5.32 Å². The second kappa shape index (κ2) is 6.50. The van der Waals surface area contributed by atoms with Crippen molar-refractivity contribution in [1.82, 2.24) is 15.1 Å². The maximum Gasteiger partial charge on any atom is 0.137 e. The summed E-state index contributed by atoms with van der Waals surface area (Å²) in [5.74, 6) is -0.239. The summed E-state index contributed by atoms with van der Waals surface area (Å²) in [4.78, 5) is 0. The van der Waals surface area contributed by atoms with Crippen LogP contribution in [-0.2, 0) is 13.1 Å². The predicted octanol–water partition coefficient (Wildman–Crippen LogP) is 3.56. The van der Waals surface area contributed by atoms with E-state index < -0.39 is 0 Å².